The van der Waals surface area contributed by atoms with Crippen molar-refractivity contribution >= 4 is 33.9 Å². The molecule has 1 aliphatic heterocycles. The first kappa shape index (κ1) is 27.4. The van der Waals surface area contributed by atoms with Gasteiger partial charge in [-0.15, -0.1) is 12.0 Å². The quantitative estimate of drug-likeness (QED) is 0.192. The molecule has 4 N–H and O–H groups in total. The second-order valence-electron chi connectivity index (χ2n) is 12.5. The zero-order valence-electron chi connectivity index (χ0n) is 24.0. The second-order valence-corrected chi connectivity index (χ2v) is 13.0. The number of methoxy groups -OCH3 is 1. The summed E-state index contributed by atoms with van der Waals surface area (Å²) in [6.45, 7) is 8.97. The number of pyridine rings is 2. The van der Waals surface area contributed by atoms with E-state index in [9.17, 15) is 4.39 Å². The van der Waals surface area contributed by atoms with Gasteiger partial charge in [0, 0.05) is 35.1 Å². The Hall–Kier alpha value is -3.74. The van der Waals surface area contributed by atoms with Crippen LogP contribution in [-0.4, -0.2) is 34.2 Å². The maximum Gasteiger partial charge on any atom is 0.229 e. The predicted molar refractivity (Wildman–Crippen MR) is 160 cm³/mol. The lowest BCUT2D eigenvalue weighted by molar-refractivity contribution is -0.164. The minimum absolute atomic E-state index is 0.0236. The molecular formula is C31H35ClFN7O. The summed E-state index contributed by atoms with van der Waals surface area (Å²) >= 11 is 6.81. The molecule has 8 nitrogen and oxygen atoms in total. The summed E-state index contributed by atoms with van der Waals surface area (Å²) in [6, 6.07) is 6.49. The highest BCUT2D eigenvalue weighted by molar-refractivity contribution is 6.35. The summed E-state index contributed by atoms with van der Waals surface area (Å²) in [6.07, 6.45) is 10.9. The summed E-state index contributed by atoms with van der Waals surface area (Å²) in [7, 11) is 1.67. The third kappa shape index (κ3) is 4.79. The van der Waals surface area contributed by atoms with Crippen molar-refractivity contribution in [3.63, 3.8) is 0 Å². The molecule has 3 aliphatic carbocycles. The second kappa shape index (κ2) is 9.97. The van der Waals surface area contributed by atoms with Crippen LogP contribution >= 0.6 is 11.6 Å². The van der Waals surface area contributed by atoms with E-state index >= 15 is 0 Å². The van der Waals surface area contributed by atoms with E-state index in [0.29, 0.717) is 34.2 Å². The molecular weight excluding hydrogens is 541 g/mol. The van der Waals surface area contributed by atoms with Gasteiger partial charge in [-0.25, -0.2) is 4.98 Å². The molecule has 3 aromatic rings. The Labute approximate surface area is 245 Å². The van der Waals surface area contributed by atoms with Crippen molar-refractivity contribution in [2.75, 3.05) is 24.3 Å². The minimum Gasteiger partial charge on any atom is -0.480 e. The van der Waals surface area contributed by atoms with Crippen LogP contribution in [0.4, 0.5) is 15.8 Å². The van der Waals surface area contributed by atoms with E-state index in [4.69, 9.17) is 22.8 Å². The predicted octanol–water partition coefficient (Wildman–Crippen LogP) is 6.02. The lowest BCUT2D eigenvalue weighted by atomic mass is 9.49. The maximum atomic E-state index is 14.1. The molecule has 0 amide bonds. The third-order valence-electron chi connectivity index (χ3n) is 8.29. The zero-order valence-corrected chi connectivity index (χ0v) is 24.7. The number of terminal acetylenes is 1. The van der Waals surface area contributed by atoms with Crippen molar-refractivity contribution in [2.24, 2.45) is 11.3 Å². The van der Waals surface area contributed by atoms with Crippen molar-refractivity contribution in [3.8, 4) is 12.3 Å². The number of fused-ring (bicyclic) bond motifs is 1. The molecule has 0 spiro atoms. The highest BCUT2D eigenvalue weighted by atomic mass is 35.5. The monoisotopic (exact) mass is 575 g/mol. The van der Waals surface area contributed by atoms with Crippen molar-refractivity contribution in [1.82, 2.24) is 25.9 Å². The Morgan fingerprint density at radius 1 is 1.29 bits per heavy atom. The van der Waals surface area contributed by atoms with Gasteiger partial charge in [0.1, 0.15) is 11.7 Å². The molecule has 1 atom stereocenters. The normalized spacial score (nSPS) is 22.0. The number of ether oxygens (including phenoxy) is 1. The fraction of sp³-hybridized carbons (Fsp3) is 0.419. The Morgan fingerprint density at radius 3 is 2.66 bits per heavy atom. The van der Waals surface area contributed by atoms with E-state index in [-0.39, 0.29) is 11.0 Å². The molecule has 7 rings (SSSR count). The molecule has 214 valence electrons. The molecule has 1 aromatic carbocycles. The number of hydrogen-bond donors (Lipinski definition) is 4. The first-order valence-electron chi connectivity index (χ1n) is 13.8. The zero-order chi connectivity index (χ0) is 29.1. The number of nitrogens with one attached hydrogen (secondary N) is 4. The minimum atomic E-state index is -0.532. The summed E-state index contributed by atoms with van der Waals surface area (Å²) in [5.41, 5.74) is 11.7. The van der Waals surface area contributed by atoms with Gasteiger partial charge in [0.15, 0.2) is 0 Å². The highest BCUT2D eigenvalue weighted by Crippen LogP contribution is 2.61. The Bertz CT molecular complexity index is 1590. The van der Waals surface area contributed by atoms with E-state index in [2.05, 4.69) is 63.3 Å². The fourth-order valence-electron chi connectivity index (χ4n) is 6.09. The number of hydrazine groups is 2. The van der Waals surface area contributed by atoms with Crippen molar-refractivity contribution in [2.45, 2.75) is 58.5 Å². The van der Waals surface area contributed by atoms with E-state index in [1.54, 1.807) is 26.3 Å². The van der Waals surface area contributed by atoms with Crippen LogP contribution in [0.15, 0.2) is 42.0 Å². The molecule has 3 saturated carbocycles. The van der Waals surface area contributed by atoms with Gasteiger partial charge in [0.25, 0.3) is 0 Å². The number of halogens is 2. The highest BCUT2D eigenvalue weighted by Gasteiger charge is 2.62. The van der Waals surface area contributed by atoms with Crippen LogP contribution in [-0.2, 0) is 4.74 Å². The van der Waals surface area contributed by atoms with Gasteiger partial charge >= 0.3 is 0 Å². The third-order valence-corrected chi connectivity index (χ3v) is 8.58. The first-order valence-corrected chi connectivity index (χ1v) is 14.2. The van der Waals surface area contributed by atoms with Gasteiger partial charge in [-0.2, -0.15) is 4.39 Å². The first-order chi connectivity index (χ1) is 19.5. The average molecular weight is 576 g/mol. The summed E-state index contributed by atoms with van der Waals surface area (Å²) in [5, 5.41) is 10.6. The Morgan fingerprint density at radius 2 is 2.05 bits per heavy atom. The number of hydrogen-bond acceptors (Lipinski definition) is 8. The summed E-state index contributed by atoms with van der Waals surface area (Å²) in [4.78, 5) is 8.68. The van der Waals surface area contributed by atoms with E-state index in [1.807, 2.05) is 12.1 Å². The van der Waals surface area contributed by atoms with Crippen LogP contribution in [0.3, 0.4) is 0 Å². The number of rotatable bonds is 8. The molecule has 41 heavy (non-hydrogen) atoms. The van der Waals surface area contributed by atoms with Crippen molar-refractivity contribution in [3.05, 3.63) is 69.8 Å². The van der Waals surface area contributed by atoms with Crippen LogP contribution in [0.1, 0.15) is 62.9 Å². The van der Waals surface area contributed by atoms with E-state index < -0.39 is 12.0 Å². The molecule has 2 bridgehead atoms. The SMILES string of the molecule is C#Cc1cnc2c(Cl)cc(N[C@H](C3=C(OC)N(C45CC(C4)C5)NN3)c3ccc(F)nc3C)cc2c1NCC(C)(C)C. The van der Waals surface area contributed by atoms with Crippen LogP contribution in [0, 0.1) is 36.5 Å². The fourth-order valence-corrected chi connectivity index (χ4v) is 6.36. The van der Waals surface area contributed by atoms with Crippen molar-refractivity contribution < 1.29 is 9.13 Å². The van der Waals surface area contributed by atoms with Crippen LogP contribution in [0.5, 0.6) is 0 Å². The Kier molecular flexibility index (Phi) is 6.67. The van der Waals surface area contributed by atoms with Crippen molar-refractivity contribution in [1.29, 1.82) is 0 Å². The largest absolute Gasteiger partial charge is 0.480 e. The molecule has 0 radical (unpaired) electrons. The summed E-state index contributed by atoms with van der Waals surface area (Å²) in [5.74, 6) is 3.71. The van der Waals surface area contributed by atoms with E-state index in [1.165, 1.54) is 6.07 Å². The molecule has 3 heterocycles. The molecule has 10 heteroatoms. The Balaban J connectivity index is 1.45. The molecule has 3 fully saturated rings. The van der Waals surface area contributed by atoms with Gasteiger partial charge in [-0.1, -0.05) is 44.4 Å². The molecule has 4 aliphatic rings. The van der Waals surface area contributed by atoms with Crippen LogP contribution in [0.2, 0.25) is 5.02 Å². The number of aryl methyl sites for hydroxylation is 1. The van der Waals surface area contributed by atoms with Crippen LogP contribution < -0.4 is 21.6 Å². The summed E-state index contributed by atoms with van der Waals surface area (Å²) < 4.78 is 20.1. The van der Waals surface area contributed by atoms with Crippen LogP contribution in [0.25, 0.3) is 10.9 Å². The molecule has 0 unspecified atom stereocenters. The topological polar surface area (TPSA) is 86.4 Å². The number of anilines is 2. The lowest BCUT2D eigenvalue weighted by Gasteiger charge is -2.65. The number of aromatic nitrogens is 2. The lowest BCUT2D eigenvalue weighted by Crippen LogP contribution is -2.70. The van der Waals surface area contributed by atoms with Gasteiger partial charge in [-0.3, -0.25) is 9.99 Å². The van der Waals surface area contributed by atoms with Gasteiger partial charge < -0.3 is 20.8 Å². The smallest absolute Gasteiger partial charge is 0.229 e. The number of benzene rings is 1. The standard InChI is InChI=1S/C31H35ClFN7O/c1-7-19-15-34-26-22(25(19)35-16-30(3,4)5)10-20(11-23(26)32)37-27(21-8-9-24(33)36-17(21)2)28-29(41-6)40(39-38-28)31-12-18(13-31)14-31/h1,8-11,15,18,27,37-39H,12-14,16H2,2-6H3,(H,34,35)/t18?,27-,31?/m0/s1. The van der Waals surface area contributed by atoms with Gasteiger partial charge in [0.05, 0.1) is 34.4 Å². The van der Waals surface area contributed by atoms with E-state index in [0.717, 1.165) is 53.2 Å². The molecule has 0 saturated heterocycles. The maximum absolute atomic E-state index is 14.1. The molecule has 2 aromatic heterocycles. The average Bonchev–Trinajstić information content (AvgIpc) is 3.27. The number of nitrogens with zero attached hydrogens (tertiary/aromatic N) is 3. The van der Waals surface area contributed by atoms with Gasteiger partial charge in [0.2, 0.25) is 11.8 Å². The van der Waals surface area contributed by atoms with Gasteiger partial charge in [-0.05, 0) is 55.7 Å².